The number of carbonyl (C=O) groups is 1. The van der Waals surface area contributed by atoms with Crippen molar-refractivity contribution in [3.8, 4) is 17.2 Å². The zero-order valence-corrected chi connectivity index (χ0v) is 17.9. The number of amides is 1. The molecule has 4 rings (SSSR count). The van der Waals surface area contributed by atoms with E-state index in [0.29, 0.717) is 23.7 Å². The Labute approximate surface area is 176 Å². The third-order valence-corrected chi connectivity index (χ3v) is 5.11. The van der Waals surface area contributed by atoms with Gasteiger partial charge in [0.15, 0.2) is 5.69 Å². The minimum atomic E-state index is -0.338. The second-order valence-corrected chi connectivity index (χ2v) is 7.69. The predicted molar refractivity (Wildman–Crippen MR) is 115 cm³/mol. The minimum Gasteiger partial charge on any atom is -0.492 e. The van der Waals surface area contributed by atoms with Gasteiger partial charge in [0.2, 0.25) is 0 Å². The molecular weight excluding hydrogens is 380 g/mol. The second kappa shape index (κ2) is 7.82. The van der Waals surface area contributed by atoms with Crippen LogP contribution in [0.1, 0.15) is 46.7 Å². The van der Waals surface area contributed by atoms with Crippen LogP contribution in [0.3, 0.4) is 0 Å². The maximum atomic E-state index is 13.0. The average Bonchev–Trinajstić information content (AvgIpc) is 3.23. The molecule has 1 N–H and O–H groups in total. The van der Waals surface area contributed by atoms with Gasteiger partial charge in [0, 0.05) is 18.1 Å². The molecule has 0 saturated heterocycles. The Balaban J connectivity index is 1.63. The van der Waals surface area contributed by atoms with E-state index in [9.17, 15) is 4.79 Å². The van der Waals surface area contributed by atoms with Gasteiger partial charge < -0.3 is 14.8 Å². The number of fused-ring (bicyclic) bond motifs is 1. The van der Waals surface area contributed by atoms with Crippen molar-refractivity contribution in [2.75, 3.05) is 11.9 Å². The topological polar surface area (TPSA) is 78.3 Å². The molecule has 3 aromatic rings. The molecule has 30 heavy (non-hydrogen) atoms. The predicted octanol–water partition coefficient (Wildman–Crippen LogP) is 4.17. The number of nitrogens with one attached hydrogen (secondary N) is 1. The molecule has 1 amide bonds. The van der Waals surface area contributed by atoms with Gasteiger partial charge in [-0.15, -0.1) is 5.10 Å². The van der Waals surface area contributed by atoms with Crippen LogP contribution < -0.4 is 14.8 Å². The number of aromatic nitrogens is 3. The van der Waals surface area contributed by atoms with Gasteiger partial charge in [-0.2, -0.15) is 9.90 Å². The third kappa shape index (κ3) is 3.75. The molecule has 0 spiro atoms. The van der Waals surface area contributed by atoms with Crippen molar-refractivity contribution in [3.63, 3.8) is 0 Å². The highest BCUT2D eigenvalue weighted by atomic mass is 16.5. The van der Waals surface area contributed by atoms with Crippen molar-refractivity contribution in [1.29, 1.82) is 0 Å². The largest absolute Gasteiger partial charge is 0.492 e. The van der Waals surface area contributed by atoms with Crippen LogP contribution in [0.15, 0.2) is 30.3 Å². The van der Waals surface area contributed by atoms with Gasteiger partial charge in [-0.05, 0) is 52.3 Å². The van der Waals surface area contributed by atoms with Gasteiger partial charge in [0.1, 0.15) is 17.6 Å². The van der Waals surface area contributed by atoms with Gasteiger partial charge in [-0.25, -0.2) is 0 Å². The molecule has 0 radical (unpaired) electrons. The quantitative estimate of drug-likeness (QED) is 0.688. The Kier molecular flexibility index (Phi) is 5.20. The fraction of sp³-hybridized carbons (Fsp3) is 0.348. The van der Waals surface area contributed by atoms with Crippen molar-refractivity contribution < 1.29 is 14.3 Å². The summed E-state index contributed by atoms with van der Waals surface area (Å²) in [7, 11) is 0. The summed E-state index contributed by atoms with van der Waals surface area (Å²) >= 11 is 0. The number of anilines is 1. The lowest BCUT2D eigenvalue weighted by atomic mass is 10.1. The summed E-state index contributed by atoms with van der Waals surface area (Å²) in [6.07, 6.45) is 0.938. The average molecular weight is 406 g/mol. The van der Waals surface area contributed by atoms with Crippen molar-refractivity contribution in [1.82, 2.24) is 15.0 Å². The molecule has 1 aliphatic rings. The van der Waals surface area contributed by atoms with Crippen LogP contribution >= 0.6 is 0 Å². The molecule has 0 aliphatic carbocycles. The van der Waals surface area contributed by atoms with Gasteiger partial charge >= 0.3 is 0 Å². The molecule has 7 nitrogen and oxygen atoms in total. The van der Waals surface area contributed by atoms with Crippen molar-refractivity contribution in [3.05, 3.63) is 58.4 Å². The van der Waals surface area contributed by atoms with Gasteiger partial charge in [-0.3, -0.25) is 4.79 Å². The number of rotatable bonds is 5. The highest BCUT2D eigenvalue weighted by molar-refractivity contribution is 6.04. The second-order valence-electron chi connectivity index (χ2n) is 7.69. The highest BCUT2D eigenvalue weighted by Gasteiger charge is 2.24. The molecule has 1 aliphatic heterocycles. The summed E-state index contributed by atoms with van der Waals surface area (Å²) in [4.78, 5) is 14.5. The van der Waals surface area contributed by atoms with Gasteiger partial charge in [0.25, 0.3) is 5.91 Å². The first-order valence-electron chi connectivity index (χ1n) is 10.1. The third-order valence-electron chi connectivity index (χ3n) is 5.11. The van der Waals surface area contributed by atoms with E-state index < -0.39 is 0 Å². The maximum Gasteiger partial charge on any atom is 0.278 e. The van der Waals surface area contributed by atoms with Crippen LogP contribution in [-0.4, -0.2) is 33.6 Å². The number of carbonyl (C=O) groups excluding carboxylic acids is 1. The monoisotopic (exact) mass is 406 g/mol. The Hall–Kier alpha value is -3.35. The van der Waals surface area contributed by atoms with E-state index in [0.717, 1.165) is 34.5 Å². The van der Waals surface area contributed by atoms with Crippen molar-refractivity contribution in [2.24, 2.45) is 0 Å². The van der Waals surface area contributed by atoms with Crippen molar-refractivity contribution >= 4 is 11.6 Å². The van der Waals surface area contributed by atoms with E-state index in [4.69, 9.17) is 9.47 Å². The lowest BCUT2D eigenvalue weighted by Gasteiger charge is -2.13. The molecule has 0 bridgehead atoms. The van der Waals surface area contributed by atoms with Crippen LogP contribution in [0, 0.1) is 20.8 Å². The molecule has 1 atom stereocenters. The molecule has 156 valence electrons. The highest BCUT2D eigenvalue weighted by Crippen LogP contribution is 2.38. The van der Waals surface area contributed by atoms with Crippen LogP contribution in [0.4, 0.5) is 5.69 Å². The van der Waals surface area contributed by atoms with Crippen molar-refractivity contribution in [2.45, 2.75) is 47.1 Å². The summed E-state index contributed by atoms with van der Waals surface area (Å²) in [5, 5.41) is 11.8. The molecular formula is C23H26N4O3. The zero-order chi connectivity index (χ0) is 21.4. The summed E-state index contributed by atoms with van der Waals surface area (Å²) in [6, 6.07) is 9.79. The van der Waals surface area contributed by atoms with E-state index >= 15 is 0 Å². The first kappa shape index (κ1) is 19.9. The SMILES string of the molecule is CCOc1cc2c(cc1NC(=O)c1nn(-c3ccc(C)cc3C)nc1C)OC(C)C2. The summed E-state index contributed by atoms with van der Waals surface area (Å²) < 4.78 is 11.6. The first-order chi connectivity index (χ1) is 14.4. The smallest absolute Gasteiger partial charge is 0.278 e. The standard InChI is InChI=1S/C23H26N4O3/c1-6-29-21-11-17-10-15(4)30-20(17)12-18(21)24-23(28)22-16(5)25-27(26-22)19-8-7-13(2)9-14(19)3/h7-9,11-12,15H,6,10H2,1-5H3,(H,24,28). The van der Waals surface area contributed by atoms with E-state index in [1.165, 1.54) is 4.80 Å². The van der Waals surface area contributed by atoms with E-state index in [1.807, 2.05) is 52.0 Å². The number of ether oxygens (including phenoxy) is 2. The fourth-order valence-corrected chi connectivity index (χ4v) is 3.72. The lowest BCUT2D eigenvalue weighted by Crippen LogP contribution is -2.15. The summed E-state index contributed by atoms with van der Waals surface area (Å²) in [5.74, 6) is 1.06. The molecule has 0 saturated carbocycles. The number of aryl methyl sites for hydroxylation is 3. The van der Waals surface area contributed by atoms with Gasteiger partial charge in [0.05, 0.1) is 23.7 Å². The van der Waals surface area contributed by atoms with E-state index in [-0.39, 0.29) is 17.7 Å². The molecule has 2 aromatic carbocycles. The molecule has 0 fully saturated rings. The normalized spacial score (nSPS) is 14.9. The Morgan fingerprint density at radius 1 is 1.23 bits per heavy atom. The van der Waals surface area contributed by atoms with Crippen LogP contribution in [0.5, 0.6) is 11.5 Å². The molecule has 2 heterocycles. The zero-order valence-electron chi connectivity index (χ0n) is 17.9. The van der Waals surface area contributed by atoms with Gasteiger partial charge in [-0.1, -0.05) is 17.7 Å². The molecule has 1 unspecified atom stereocenters. The van der Waals surface area contributed by atoms with Crippen LogP contribution in [0.2, 0.25) is 0 Å². The molecule has 1 aromatic heterocycles. The van der Waals surface area contributed by atoms with E-state index in [1.54, 1.807) is 6.92 Å². The number of hydrogen-bond donors (Lipinski definition) is 1. The number of nitrogens with zero attached hydrogens (tertiary/aromatic N) is 3. The Morgan fingerprint density at radius 2 is 2.03 bits per heavy atom. The summed E-state index contributed by atoms with van der Waals surface area (Å²) in [5.41, 5.74) is 5.52. The number of hydrogen-bond acceptors (Lipinski definition) is 5. The minimum absolute atomic E-state index is 0.111. The first-order valence-corrected chi connectivity index (χ1v) is 10.1. The molecule has 7 heteroatoms. The lowest BCUT2D eigenvalue weighted by molar-refractivity contribution is 0.102. The van der Waals surface area contributed by atoms with Crippen LogP contribution in [0.25, 0.3) is 5.69 Å². The number of benzene rings is 2. The maximum absolute atomic E-state index is 13.0. The summed E-state index contributed by atoms with van der Waals surface area (Å²) in [6.45, 7) is 10.2. The Morgan fingerprint density at radius 3 is 2.77 bits per heavy atom. The van der Waals surface area contributed by atoms with Crippen LogP contribution in [-0.2, 0) is 6.42 Å². The van der Waals surface area contributed by atoms with E-state index in [2.05, 4.69) is 21.6 Å². The fourth-order valence-electron chi connectivity index (χ4n) is 3.72. The Bertz CT molecular complexity index is 1120.